The molecule has 1 amide bonds. The second kappa shape index (κ2) is 9.92. The van der Waals surface area contributed by atoms with Gasteiger partial charge in [-0.2, -0.15) is 0 Å². The van der Waals surface area contributed by atoms with Crippen LogP contribution in [-0.2, 0) is 9.47 Å². The Kier molecular flexibility index (Phi) is 7.60. The zero-order valence-corrected chi connectivity index (χ0v) is 17.7. The van der Waals surface area contributed by atoms with E-state index < -0.39 is 17.8 Å². The fourth-order valence-corrected chi connectivity index (χ4v) is 3.68. The Balaban J connectivity index is 2.42. The fourth-order valence-electron chi connectivity index (χ4n) is 2.59. The maximum absolute atomic E-state index is 12.8. The molecule has 29 heavy (non-hydrogen) atoms. The average molecular weight is 421 g/mol. The maximum atomic E-state index is 12.8. The topological polar surface area (TPSA) is 100 Å². The van der Waals surface area contributed by atoms with Crippen molar-refractivity contribution in [1.29, 1.82) is 0 Å². The minimum Gasteiger partial charge on any atom is -0.493 e. The molecule has 0 aliphatic carbocycles. The van der Waals surface area contributed by atoms with Crippen molar-refractivity contribution in [1.82, 2.24) is 0 Å². The highest BCUT2D eigenvalue weighted by Crippen LogP contribution is 2.35. The molecule has 0 fully saturated rings. The van der Waals surface area contributed by atoms with Crippen LogP contribution in [0.5, 0.6) is 11.5 Å². The van der Waals surface area contributed by atoms with Crippen LogP contribution >= 0.6 is 11.3 Å². The van der Waals surface area contributed by atoms with Crippen molar-refractivity contribution in [3.05, 3.63) is 39.8 Å². The van der Waals surface area contributed by atoms with E-state index in [1.807, 2.05) is 0 Å². The van der Waals surface area contributed by atoms with Crippen molar-refractivity contribution in [3.63, 3.8) is 0 Å². The molecule has 1 aromatic heterocycles. The summed E-state index contributed by atoms with van der Waals surface area (Å²) in [7, 11) is 2.96. The number of carbonyl (C=O) groups is 3. The number of esters is 2. The lowest BCUT2D eigenvalue weighted by Crippen LogP contribution is -2.15. The largest absolute Gasteiger partial charge is 0.493 e. The van der Waals surface area contributed by atoms with E-state index in [1.165, 1.54) is 20.3 Å². The lowest BCUT2D eigenvalue weighted by molar-refractivity contribution is 0.0527. The summed E-state index contributed by atoms with van der Waals surface area (Å²) in [5, 5.41) is 2.90. The van der Waals surface area contributed by atoms with E-state index in [2.05, 4.69) is 5.32 Å². The number of ether oxygens (including phenoxy) is 4. The minimum atomic E-state index is -0.626. The second-order valence-electron chi connectivity index (χ2n) is 5.73. The highest BCUT2D eigenvalue weighted by atomic mass is 32.1. The average Bonchev–Trinajstić information content (AvgIpc) is 3.03. The highest BCUT2D eigenvalue weighted by molar-refractivity contribution is 7.18. The number of methoxy groups -OCH3 is 2. The van der Waals surface area contributed by atoms with Crippen LogP contribution in [0.3, 0.4) is 0 Å². The fraction of sp³-hybridized carbons (Fsp3) is 0.350. The van der Waals surface area contributed by atoms with Crippen LogP contribution in [0.1, 0.15) is 49.8 Å². The number of hydrogen-bond acceptors (Lipinski definition) is 8. The van der Waals surface area contributed by atoms with Crippen LogP contribution in [0.15, 0.2) is 18.2 Å². The molecule has 1 N–H and O–H groups in total. The number of amides is 1. The SMILES string of the molecule is CCOC(=O)c1sc(NC(=O)c2ccc(OC)c(OC)c2)c(C(=O)OCC)c1C. The maximum Gasteiger partial charge on any atom is 0.348 e. The standard InChI is InChI=1S/C20H23NO7S/c1-6-27-19(23)15-11(3)16(20(24)28-7-2)29-18(15)21-17(22)12-8-9-13(25-4)14(10-12)26-5/h8-10H,6-7H2,1-5H3,(H,21,22). The Morgan fingerprint density at radius 2 is 1.59 bits per heavy atom. The summed E-state index contributed by atoms with van der Waals surface area (Å²) < 4.78 is 20.5. The van der Waals surface area contributed by atoms with Crippen LogP contribution in [-0.4, -0.2) is 45.3 Å². The number of nitrogens with one attached hydrogen (secondary N) is 1. The molecule has 0 aliphatic rings. The van der Waals surface area contributed by atoms with Crippen LogP contribution in [0.4, 0.5) is 5.00 Å². The van der Waals surface area contributed by atoms with E-state index in [-0.39, 0.29) is 28.7 Å². The van der Waals surface area contributed by atoms with Gasteiger partial charge in [-0.25, -0.2) is 9.59 Å². The van der Waals surface area contributed by atoms with E-state index in [1.54, 1.807) is 32.9 Å². The number of rotatable bonds is 8. The van der Waals surface area contributed by atoms with Crippen LogP contribution in [0.2, 0.25) is 0 Å². The summed E-state index contributed by atoms with van der Waals surface area (Å²) in [6.45, 7) is 5.33. The normalized spacial score (nSPS) is 10.2. The predicted molar refractivity (Wildman–Crippen MR) is 108 cm³/mol. The van der Waals surface area contributed by atoms with E-state index in [0.29, 0.717) is 22.6 Å². The molecule has 0 spiro atoms. The van der Waals surface area contributed by atoms with Gasteiger partial charge in [0.2, 0.25) is 0 Å². The van der Waals surface area contributed by atoms with Crippen LogP contribution in [0.25, 0.3) is 0 Å². The van der Waals surface area contributed by atoms with Gasteiger partial charge in [-0.3, -0.25) is 4.79 Å². The number of hydrogen-bond donors (Lipinski definition) is 1. The lowest BCUT2D eigenvalue weighted by Gasteiger charge is -2.10. The van der Waals surface area contributed by atoms with Gasteiger partial charge in [0.05, 0.1) is 33.0 Å². The summed E-state index contributed by atoms with van der Waals surface area (Å²) in [4.78, 5) is 37.6. The Hall–Kier alpha value is -3.07. The molecule has 2 rings (SSSR count). The Labute approximate surface area is 172 Å². The molecule has 1 aromatic carbocycles. The zero-order chi connectivity index (χ0) is 21.6. The molecular formula is C20H23NO7S. The predicted octanol–water partition coefficient (Wildman–Crippen LogP) is 3.68. The van der Waals surface area contributed by atoms with Gasteiger partial charge in [0.25, 0.3) is 5.91 Å². The molecule has 0 saturated carbocycles. The van der Waals surface area contributed by atoms with Gasteiger partial charge < -0.3 is 24.3 Å². The van der Waals surface area contributed by atoms with Crippen LogP contribution in [0, 0.1) is 6.92 Å². The van der Waals surface area contributed by atoms with Crippen molar-refractivity contribution >= 4 is 34.2 Å². The number of carbonyl (C=O) groups excluding carboxylic acids is 3. The number of anilines is 1. The third-order valence-electron chi connectivity index (χ3n) is 3.96. The first-order valence-corrected chi connectivity index (χ1v) is 9.70. The molecule has 1 heterocycles. The Bertz CT molecular complexity index is 920. The van der Waals surface area contributed by atoms with Crippen molar-refractivity contribution in [3.8, 4) is 11.5 Å². The molecule has 0 radical (unpaired) electrons. The summed E-state index contributed by atoms with van der Waals surface area (Å²) in [5.74, 6) is -0.798. The lowest BCUT2D eigenvalue weighted by atomic mass is 10.1. The smallest absolute Gasteiger partial charge is 0.348 e. The Morgan fingerprint density at radius 1 is 0.966 bits per heavy atom. The van der Waals surface area contributed by atoms with E-state index in [4.69, 9.17) is 18.9 Å². The third kappa shape index (κ3) is 4.86. The zero-order valence-electron chi connectivity index (χ0n) is 16.9. The molecule has 0 unspecified atom stereocenters. The summed E-state index contributed by atoms with van der Waals surface area (Å²) in [6.07, 6.45) is 0. The van der Waals surface area contributed by atoms with Gasteiger partial charge in [0.1, 0.15) is 9.88 Å². The molecule has 0 aliphatic heterocycles. The Morgan fingerprint density at radius 3 is 2.17 bits per heavy atom. The minimum absolute atomic E-state index is 0.133. The molecule has 9 heteroatoms. The van der Waals surface area contributed by atoms with Gasteiger partial charge in [-0.05, 0) is 44.5 Å². The molecule has 0 atom stereocenters. The van der Waals surface area contributed by atoms with Gasteiger partial charge in [-0.15, -0.1) is 11.3 Å². The van der Waals surface area contributed by atoms with Crippen molar-refractivity contribution in [2.45, 2.75) is 20.8 Å². The quantitative estimate of drug-likeness (QED) is 0.649. The van der Waals surface area contributed by atoms with E-state index >= 15 is 0 Å². The molecule has 2 aromatic rings. The summed E-state index contributed by atoms with van der Waals surface area (Å²) in [5.41, 5.74) is 0.824. The summed E-state index contributed by atoms with van der Waals surface area (Å²) in [6, 6.07) is 4.68. The van der Waals surface area contributed by atoms with E-state index in [9.17, 15) is 14.4 Å². The van der Waals surface area contributed by atoms with Gasteiger partial charge in [0.15, 0.2) is 11.5 Å². The number of thiophene rings is 1. The van der Waals surface area contributed by atoms with Crippen molar-refractivity contribution < 1.29 is 33.3 Å². The monoisotopic (exact) mass is 421 g/mol. The molecule has 0 saturated heterocycles. The second-order valence-corrected chi connectivity index (χ2v) is 6.75. The molecular weight excluding hydrogens is 398 g/mol. The van der Waals surface area contributed by atoms with Gasteiger partial charge in [0, 0.05) is 5.56 Å². The van der Waals surface area contributed by atoms with Crippen molar-refractivity contribution in [2.75, 3.05) is 32.8 Å². The first-order chi connectivity index (χ1) is 13.9. The number of benzene rings is 1. The molecule has 156 valence electrons. The van der Waals surface area contributed by atoms with Crippen molar-refractivity contribution in [2.24, 2.45) is 0 Å². The van der Waals surface area contributed by atoms with Crippen LogP contribution < -0.4 is 14.8 Å². The first-order valence-electron chi connectivity index (χ1n) is 8.88. The summed E-state index contributed by atoms with van der Waals surface area (Å²) >= 11 is 0.966. The van der Waals surface area contributed by atoms with Gasteiger partial charge in [-0.1, -0.05) is 0 Å². The molecule has 0 bridgehead atoms. The highest BCUT2D eigenvalue weighted by Gasteiger charge is 2.27. The third-order valence-corrected chi connectivity index (χ3v) is 5.15. The van der Waals surface area contributed by atoms with Gasteiger partial charge >= 0.3 is 11.9 Å². The van der Waals surface area contributed by atoms with E-state index in [0.717, 1.165) is 11.3 Å². The molecule has 8 nitrogen and oxygen atoms in total. The first kappa shape index (κ1) is 22.2.